The fraction of sp³-hybridized carbons (Fsp3) is 0.385. The van der Waals surface area contributed by atoms with E-state index in [2.05, 4.69) is 34.4 Å². The van der Waals surface area contributed by atoms with Gasteiger partial charge in [0.15, 0.2) is 0 Å². The molecule has 2 rings (SSSR count). The Bertz CT molecular complexity index is 454. The van der Waals surface area contributed by atoms with Crippen molar-refractivity contribution in [3.8, 4) is 10.4 Å². The Labute approximate surface area is 110 Å². The molecule has 0 aliphatic rings. The summed E-state index contributed by atoms with van der Waals surface area (Å²) in [4.78, 5) is 8.11. The summed E-state index contributed by atoms with van der Waals surface area (Å²) in [6.45, 7) is 6.86. The number of rotatable bonds is 4. The van der Waals surface area contributed by atoms with Crippen molar-refractivity contribution in [2.24, 2.45) is 0 Å². The lowest BCUT2D eigenvalue weighted by Crippen LogP contribution is -2.28. The van der Waals surface area contributed by atoms with Crippen LogP contribution in [0.2, 0.25) is 0 Å². The zero-order valence-corrected chi connectivity index (χ0v) is 12.0. The second-order valence-electron chi connectivity index (χ2n) is 4.81. The molecule has 0 spiro atoms. The molecule has 2 aromatic rings. The summed E-state index contributed by atoms with van der Waals surface area (Å²) < 4.78 is 0. The lowest BCUT2D eigenvalue weighted by molar-refractivity contribution is -0.0754. The van der Waals surface area contributed by atoms with Crippen LogP contribution in [0.5, 0.6) is 0 Å². The van der Waals surface area contributed by atoms with E-state index in [4.69, 9.17) is 4.84 Å². The normalized spacial score (nSPS) is 11.9. The van der Waals surface area contributed by atoms with Crippen molar-refractivity contribution < 1.29 is 4.84 Å². The standard InChI is InChI=1S/C13H17NOS2/c1-13(2,3)15-14-8-11-7-10(9-17-11)12-5-4-6-16-12/h4-7,9,14H,8H2,1-3H3. The van der Waals surface area contributed by atoms with Crippen LogP contribution < -0.4 is 5.48 Å². The van der Waals surface area contributed by atoms with Crippen LogP contribution in [0.4, 0.5) is 0 Å². The summed E-state index contributed by atoms with van der Waals surface area (Å²) in [6.07, 6.45) is 0. The fourth-order valence-electron chi connectivity index (χ4n) is 1.37. The molecule has 0 radical (unpaired) electrons. The molecule has 1 N–H and O–H groups in total. The quantitative estimate of drug-likeness (QED) is 0.834. The maximum absolute atomic E-state index is 5.49. The smallest absolute Gasteiger partial charge is 0.0813 e. The molecule has 0 unspecified atom stereocenters. The zero-order valence-electron chi connectivity index (χ0n) is 10.3. The lowest BCUT2D eigenvalue weighted by Gasteiger charge is -2.18. The highest BCUT2D eigenvalue weighted by atomic mass is 32.1. The van der Waals surface area contributed by atoms with E-state index >= 15 is 0 Å². The number of thiophene rings is 2. The highest BCUT2D eigenvalue weighted by molar-refractivity contribution is 7.14. The Kier molecular flexibility index (Phi) is 3.99. The van der Waals surface area contributed by atoms with Crippen LogP contribution in [-0.4, -0.2) is 5.60 Å². The van der Waals surface area contributed by atoms with Gasteiger partial charge in [-0.15, -0.1) is 22.7 Å². The molecular weight excluding hydrogens is 250 g/mol. The first kappa shape index (κ1) is 12.8. The SMILES string of the molecule is CC(C)(C)ONCc1cc(-c2cccs2)cs1. The zero-order chi connectivity index (χ0) is 12.3. The van der Waals surface area contributed by atoms with Crippen LogP contribution in [0.1, 0.15) is 25.6 Å². The minimum Gasteiger partial charge on any atom is -0.296 e. The molecule has 0 saturated heterocycles. The van der Waals surface area contributed by atoms with E-state index in [0.717, 1.165) is 6.54 Å². The van der Waals surface area contributed by atoms with Crippen LogP contribution >= 0.6 is 22.7 Å². The summed E-state index contributed by atoms with van der Waals surface area (Å²) in [5.74, 6) is 0. The van der Waals surface area contributed by atoms with E-state index in [1.54, 1.807) is 22.7 Å². The Morgan fingerprint density at radius 3 is 2.76 bits per heavy atom. The maximum atomic E-state index is 5.49. The molecule has 0 saturated carbocycles. The van der Waals surface area contributed by atoms with Crippen molar-refractivity contribution in [1.29, 1.82) is 0 Å². The largest absolute Gasteiger partial charge is 0.296 e. The number of hydrogen-bond donors (Lipinski definition) is 1. The monoisotopic (exact) mass is 267 g/mol. The first-order valence-electron chi connectivity index (χ1n) is 5.57. The summed E-state index contributed by atoms with van der Waals surface area (Å²) in [5.41, 5.74) is 4.17. The summed E-state index contributed by atoms with van der Waals surface area (Å²) in [6, 6.07) is 6.45. The number of hydroxylamine groups is 1. The first-order valence-corrected chi connectivity index (χ1v) is 7.33. The molecule has 2 aromatic heterocycles. The molecule has 92 valence electrons. The van der Waals surface area contributed by atoms with Crippen molar-refractivity contribution in [2.45, 2.75) is 32.9 Å². The van der Waals surface area contributed by atoms with Gasteiger partial charge in [0.2, 0.25) is 0 Å². The van der Waals surface area contributed by atoms with Gasteiger partial charge in [0.05, 0.1) is 12.1 Å². The predicted molar refractivity (Wildman–Crippen MR) is 75.3 cm³/mol. The minimum absolute atomic E-state index is 0.145. The van der Waals surface area contributed by atoms with Gasteiger partial charge in [0.25, 0.3) is 0 Å². The third-order valence-electron chi connectivity index (χ3n) is 2.08. The molecule has 2 nitrogen and oxygen atoms in total. The molecule has 0 aromatic carbocycles. The molecular formula is C13H17NOS2. The first-order chi connectivity index (χ1) is 8.04. The van der Waals surface area contributed by atoms with Gasteiger partial charge in [0, 0.05) is 15.3 Å². The maximum Gasteiger partial charge on any atom is 0.0813 e. The highest BCUT2D eigenvalue weighted by Crippen LogP contribution is 2.29. The van der Waals surface area contributed by atoms with Crippen LogP contribution in [-0.2, 0) is 11.4 Å². The second-order valence-corrected chi connectivity index (χ2v) is 6.76. The van der Waals surface area contributed by atoms with E-state index in [9.17, 15) is 0 Å². The third-order valence-corrected chi connectivity index (χ3v) is 3.94. The number of nitrogens with one attached hydrogen (secondary N) is 1. The van der Waals surface area contributed by atoms with Gasteiger partial charge in [-0.25, -0.2) is 0 Å². The van der Waals surface area contributed by atoms with E-state index in [0.29, 0.717) is 0 Å². The Morgan fingerprint density at radius 1 is 1.29 bits per heavy atom. The van der Waals surface area contributed by atoms with Gasteiger partial charge in [-0.05, 0) is 43.7 Å². The van der Waals surface area contributed by atoms with Crippen molar-refractivity contribution >= 4 is 22.7 Å². The summed E-state index contributed by atoms with van der Waals surface area (Å²) >= 11 is 3.53. The molecule has 0 aliphatic carbocycles. The molecule has 17 heavy (non-hydrogen) atoms. The molecule has 0 fully saturated rings. The van der Waals surface area contributed by atoms with Crippen molar-refractivity contribution in [2.75, 3.05) is 0 Å². The van der Waals surface area contributed by atoms with Crippen LogP contribution in [0.25, 0.3) is 10.4 Å². The van der Waals surface area contributed by atoms with Gasteiger partial charge in [-0.1, -0.05) is 6.07 Å². The van der Waals surface area contributed by atoms with Gasteiger partial charge >= 0.3 is 0 Å². The van der Waals surface area contributed by atoms with Gasteiger partial charge in [-0.3, -0.25) is 4.84 Å². The van der Waals surface area contributed by atoms with Gasteiger partial charge in [-0.2, -0.15) is 5.48 Å². The topological polar surface area (TPSA) is 21.3 Å². The Balaban J connectivity index is 1.91. The van der Waals surface area contributed by atoms with E-state index in [1.807, 2.05) is 20.8 Å². The Hall–Kier alpha value is -0.680. The van der Waals surface area contributed by atoms with E-state index in [-0.39, 0.29) is 5.60 Å². The average molecular weight is 267 g/mol. The molecule has 0 aliphatic heterocycles. The molecule has 0 atom stereocenters. The van der Waals surface area contributed by atoms with Gasteiger partial charge < -0.3 is 0 Å². The highest BCUT2D eigenvalue weighted by Gasteiger charge is 2.10. The van der Waals surface area contributed by atoms with Crippen molar-refractivity contribution in [3.63, 3.8) is 0 Å². The van der Waals surface area contributed by atoms with Crippen molar-refractivity contribution in [1.82, 2.24) is 5.48 Å². The Morgan fingerprint density at radius 2 is 2.12 bits per heavy atom. The van der Waals surface area contributed by atoms with E-state index in [1.165, 1.54) is 15.3 Å². The van der Waals surface area contributed by atoms with Crippen molar-refractivity contribution in [3.05, 3.63) is 33.8 Å². The average Bonchev–Trinajstić information content (AvgIpc) is 2.83. The van der Waals surface area contributed by atoms with Gasteiger partial charge in [0.1, 0.15) is 0 Å². The third kappa shape index (κ3) is 3.92. The lowest BCUT2D eigenvalue weighted by atomic mass is 10.2. The second kappa shape index (κ2) is 5.31. The van der Waals surface area contributed by atoms with E-state index < -0.39 is 0 Å². The summed E-state index contributed by atoms with van der Waals surface area (Å²) in [5, 5.41) is 4.30. The van der Waals surface area contributed by atoms with Crippen LogP contribution in [0.3, 0.4) is 0 Å². The molecule has 0 bridgehead atoms. The molecule has 2 heterocycles. The number of hydrogen-bond acceptors (Lipinski definition) is 4. The summed E-state index contributed by atoms with van der Waals surface area (Å²) in [7, 11) is 0. The molecule has 0 amide bonds. The van der Waals surface area contributed by atoms with Crippen LogP contribution in [0.15, 0.2) is 29.0 Å². The predicted octanol–water partition coefficient (Wildman–Crippen LogP) is 4.30. The fourth-order valence-corrected chi connectivity index (χ4v) is 2.97. The van der Waals surface area contributed by atoms with Crippen LogP contribution in [0, 0.1) is 0 Å². The minimum atomic E-state index is -0.145. The molecule has 4 heteroatoms.